The summed E-state index contributed by atoms with van der Waals surface area (Å²) in [6.45, 7) is 3.48. The van der Waals surface area contributed by atoms with Crippen molar-refractivity contribution in [3.63, 3.8) is 0 Å². The minimum atomic E-state index is -0.205. The van der Waals surface area contributed by atoms with Gasteiger partial charge < -0.3 is 4.74 Å². The summed E-state index contributed by atoms with van der Waals surface area (Å²) in [6, 6.07) is 23.0. The fourth-order valence-electron chi connectivity index (χ4n) is 3.94. The van der Waals surface area contributed by atoms with E-state index in [1.807, 2.05) is 36.4 Å². The van der Waals surface area contributed by atoms with Crippen LogP contribution in [-0.2, 0) is 13.1 Å². The Morgan fingerprint density at radius 1 is 0.897 bits per heavy atom. The van der Waals surface area contributed by atoms with Crippen molar-refractivity contribution >= 4 is 11.6 Å². The van der Waals surface area contributed by atoms with E-state index in [4.69, 9.17) is 16.3 Å². The van der Waals surface area contributed by atoms with E-state index in [-0.39, 0.29) is 12.0 Å². The zero-order chi connectivity index (χ0) is 20.2. The molecular weight excluding hydrogens is 387 g/mol. The lowest BCUT2D eigenvalue weighted by atomic mass is 10.1. The Kier molecular flexibility index (Phi) is 6.14. The second-order valence-corrected chi connectivity index (χ2v) is 7.78. The summed E-state index contributed by atoms with van der Waals surface area (Å²) in [5.74, 6) is 0.645. The molecule has 0 unspecified atom stereocenters. The zero-order valence-corrected chi connectivity index (χ0v) is 17.1. The van der Waals surface area contributed by atoms with Gasteiger partial charge in [0.15, 0.2) is 0 Å². The SMILES string of the molecule is COc1cccc([C@H]2N(Cc3ccc(F)cc3)CCN2Cc2ccc(Cl)cc2)c1. The predicted octanol–water partition coefficient (Wildman–Crippen LogP) is 5.50. The average molecular weight is 411 g/mol. The summed E-state index contributed by atoms with van der Waals surface area (Å²) < 4.78 is 18.8. The van der Waals surface area contributed by atoms with Crippen LogP contribution in [0.15, 0.2) is 72.8 Å². The highest BCUT2D eigenvalue weighted by molar-refractivity contribution is 6.30. The quantitative estimate of drug-likeness (QED) is 0.533. The topological polar surface area (TPSA) is 15.7 Å². The first-order valence-electron chi connectivity index (χ1n) is 9.73. The van der Waals surface area contributed by atoms with Gasteiger partial charge in [-0.15, -0.1) is 0 Å². The van der Waals surface area contributed by atoms with Gasteiger partial charge >= 0.3 is 0 Å². The van der Waals surface area contributed by atoms with Crippen LogP contribution in [0.3, 0.4) is 0 Å². The molecule has 0 saturated carbocycles. The first-order valence-corrected chi connectivity index (χ1v) is 10.1. The Morgan fingerprint density at radius 3 is 2.07 bits per heavy atom. The van der Waals surface area contributed by atoms with Gasteiger partial charge in [-0.1, -0.05) is 48.0 Å². The van der Waals surface area contributed by atoms with Gasteiger partial charge in [0.2, 0.25) is 0 Å². The second kappa shape index (κ2) is 8.95. The summed E-state index contributed by atoms with van der Waals surface area (Å²) in [5, 5.41) is 0.748. The lowest BCUT2D eigenvalue weighted by Crippen LogP contribution is -2.30. The molecule has 0 aliphatic carbocycles. The molecule has 0 aromatic heterocycles. The molecule has 0 amide bonds. The van der Waals surface area contributed by atoms with Gasteiger partial charge in [-0.25, -0.2) is 4.39 Å². The van der Waals surface area contributed by atoms with Gasteiger partial charge in [-0.3, -0.25) is 9.80 Å². The van der Waals surface area contributed by atoms with Crippen LogP contribution in [0.4, 0.5) is 4.39 Å². The number of benzene rings is 3. The molecule has 5 heteroatoms. The third-order valence-electron chi connectivity index (χ3n) is 5.36. The Labute approximate surface area is 176 Å². The molecule has 1 atom stereocenters. The van der Waals surface area contributed by atoms with E-state index >= 15 is 0 Å². The normalized spacial score (nSPS) is 17.6. The van der Waals surface area contributed by atoms with Gasteiger partial charge in [-0.05, 0) is 53.1 Å². The standard InChI is InChI=1S/C24H24ClFN2O/c1-29-23-4-2-3-20(15-23)24-27(16-18-5-9-21(25)10-6-18)13-14-28(24)17-19-7-11-22(26)12-8-19/h2-12,15,24H,13-14,16-17H2,1H3/t24-/m1/s1. The first-order chi connectivity index (χ1) is 14.1. The van der Waals surface area contributed by atoms with Gasteiger partial charge in [0.05, 0.1) is 13.3 Å². The van der Waals surface area contributed by atoms with E-state index < -0.39 is 0 Å². The highest BCUT2D eigenvalue weighted by Crippen LogP contribution is 2.34. The molecule has 1 aliphatic rings. The molecule has 3 nitrogen and oxygen atoms in total. The van der Waals surface area contributed by atoms with Crippen LogP contribution in [0.5, 0.6) is 5.75 Å². The average Bonchev–Trinajstić information content (AvgIpc) is 3.13. The van der Waals surface area contributed by atoms with Crippen molar-refractivity contribution in [2.75, 3.05) is 20.2 Å². The highest BCUT2D eigenvalue weighted by Gasteiger charge is 2.33. The Bertz CT molecular complexity index is 890. The number of methoxy groups -OCH3 is 1. The maximum atomic E-state index is 13.3. The van der Waals surface area contributed by atoms with E-state index in [0.717, 1.165) is 42.5 Å². The van der Waals surface area contributed by atoms with Crippen molar-refractivity contribution in [2.45, 2.75) is 19.3 Å². The predicted molar refractivity (Wildman–Crippen MR) is 114 cm³/mol. The van der Waals surface area contributed by atoms with Crippen molar-refractivity contribution in [1.82, 2.24) is 9.80 Å². The maximum Gasteiger partial charge on any atom is 0.123 e. The summed E-state index contributed by atoms with van der Waals surface area (Å²) in [5.41, 5.74) is 3.52. The number of hydrogen-bond acceptors (Lipinski definition) is 3. The molecule has 3 aromatic carbocycles. The lowest BCUT2D eigenvalue weighted by molar-refractivity contribution is 0.125. The Balaban J connectivity index is 1.61. The molecule has 1 heterocycles. The molecule has 1 aliphatic heterocycles. The molecule has 0 radical (unpaired) electrons. The number of rotatable bonds is 6. The number of nitrogens with zero attached hydrogens (tertiary/aromatic N) is 2. The van der Waals surface area contributed by atoms with Gasteiger partial charge in [-0.2, -0.15) is 0 Å². The fraction of sp³-hybridized carbons (Fsp3) is 0.250. The third-order valence-corrected chi connectivity index (χ3v) is 5.61. The summed E-state index contributed by atoms with van der Waals surface area (Å²) in [6.07, 6.45) is 0.117. The van der Waals surface area contributed by atoms with Gasteiger partial charge in [0, 0.05) is 31.2 Å². The van der Waals surface area contributed by atoms with E-state index in [1.165, 1.54) is 23.3 Å². The summed E-state index contributed by atoms with van der Waals surface area (Å²) in [7, 11) is 1.69. The Hall–Kier alpha value is -2.40. The molecule has 1 fully saturated rings. The van der Waals surface area contributed by atoms with Crippen LogP contribution >= 0.6 is 11.6 Å². The van der Waals surface area contributed by atoms with Crippen molar-refractivity contribution < 1.29 is 9.13 Å². The molecular formula is C24H24ClFN2O. The molecule has 0 spiro atoms. The van der Waals surface area contributed by atoms with Crippen LogP contribution in [0.1, 0.15) is 22.9 Å². The minimum Gasteiger partial charge on any atom is -0.497 e. The van der Waals surface area contributed by atoms with Gasteiger partial charge in [0.1, 0.15) is 11.6 Å². The van der Waals surface area contributed by atoms with E-state index in [9.17, 15) is 4.39 Å². The van der Waals surface area contributed by atoms with Crippen LogP contribution < -0.4 is 4.74 Å². The van der Waals surface area contributed by atoms with Crippen molar-refractivity contribution in [3.8, 4) is 5.75 Å². The smallest absolute Gasteiger partial charge is 0.123 e. The number of halogens is 2. The van der Waals surface area contributed by atoms with Crippen molar-refractivity contribution in [3.05, 3.63) is 100 Å². The van der Waals surface area contributed by atoms with E-state index in [0.29, 0.717) is 0 Å². The maximum absolute atomic E-state index is 13.3. The zero-order valence-electron chi connectivity index (χ0n) is 16.4. The summed E-state index contributed by atoms with van der Waals surface area (Å²) >= 11 is 6.05. The minimum absolute atomic E-state index is 0.117. The first kappa shape index (κ1) is 19.9. The monoisotopic (exact) mass is 410 g/mol. The molecule has 29 heavy (non-hydrogen) atoms. The van der Waals surface area contributed by atoms with Crippen molar-refractivity contribution in [2.24, 2.45) is 0 Å². The number of ether oxygens (including phenoxy) is 1. The van der Waals surface area contributed by atoms with Crippen LogP contribution in [-0.4, -0.2) is 30.0 Å². The number of hydrogen-bond donors (Lipinski definition) is 0. The van der Waals surface area contributed by atoms with E-state index in [1.54, 1.807) is 7.11 Å². The van der Waals surface area contributed by atoms with E-state index in [2.05, 4.69) is 34.1 Å². The molecule has 0 N–H and O–H groups in total. The van der Waals surface area contributed by atoms with Gasteiger partial charge in [0.25, 0.3) is 0 Å². The fourth-order valence-corrected chi connectivity index (χ4v) is 4.06. The van der Waals surface area contributed by atoms with Crippen LogP contribution in [0.2, 0.25) is 5.02 Å². The molecule has 4 rings (SSSR count). The molecule has 3 aromatic rings. The molecule has 1 saturated heterocycles. The summed E-state index contributed by atoms with van der Waals surface area (Å²) in [4.78, 5) is 4.89. The largest absolute Gasteiger partial charge is 0.497 e. The van der Waals surface area contributed by atoms with Crippen LogP contribution in [0.25, 0.3) is 0 Å². The second-order valence-electron chi connectivity index (χ2n) is 7.34. The molecule has 150 valence electrons. The molecule has 0 bridgehead atoms. The third kappa shape index (κ3) is 4.78. The highest BCUT2D eigenvalue weighted by atomic mass is 35.5. The Morgan fingerprint density at radius 2 is 1.48 bits per heavy atom. The van der Waals surface area contributed by atoms with Crippen LogP contribution in [0, 0.1) is 5.82 Å². The lowest BCUT2D eigenvalue weighted by Gasteiger charge is -2.31. The van der Waals surface area contributed by atoms with Crippen molar-refractivity contribution in [1.29, 1.82) is 0 Å².